The molecule has 0 spiro atoms. The monoisotopic (exact) mass is 318 g/mol. The van der Waals surface area contributed by atoms with Gasteiger partial charge in [0.2, 0.25) is 5.91 Å². The Morgan fingerprint density at radius 1 is 1.41 bits per heavy atom. The lowest BCUT2D eigenvalue weighted by Crippen LogP contribution is -2.39. The van der Waals surface area contributed by atoms with Crippen LogP contribution in [0.2, 0.25) is 0 Å². The minimum Gasteiger partial charge on any atom is -0.468 e. The number of amides is 1. The first-order valence-corrected chi connectivity index (χ1v) is 8.10. The van der Waals surface area contributed by atoms with Crippen LogP contribution in [0.4, 0.5) is 0 Å². The molecule has 116 valence electrons. The number of carbonyl (C=O) groups is 2. The van der Waals surface area contributed by atoms with Crippen molar-refractivity contribution < 1.29 is 14.3 Å². The summed E-state index contributed by atoms with van der Waals surface area (Å²) in [6.45, 7) is 2.49. The Morgan fingerprint density at radius 2 is 2.14 bits per heavy atom. The zero-order chi connectivity index (χ0) is 15.7. The fraction of sp³-hybridized carbons (Fsp3) is 0.438. The second-order valence-electron chi connectivity index (χ2n) is 5.70. The number of aromatic nitrogens is 1. The number of fused-ring (bicyclic) bond motifs is 1. The first kappa shape index (κ1) is 15.0. The molecule has 1 heterocycles. The van der Waals surface area contributed by atoms with Gasteiger partial charge in [-0.2, -0.15) is 0 Å². The molecular weight excluding hydrogens is 300 g/mol. The van der Waals surface area contributed by atoms with Crippen LogP contribution in [0.5, 0.6) is 0 Å². The topological polar surface area (TPSA) is 68.3 Å². The molecule has 0 bridgehead atoms. The summed E-state index contributed by atoms with van der Waals surface area (Å²) in [6, 6.07) is 7.98. The number of para-hydroxylation sites is 1. The zero-order valence-electron chi connectivity index (χ0n) is 12.6. The van der Waals surface area contributed by atoms with Gasteiger partial charge in [0.15, 0.2) is 0 Å². The van der Waals surface area contributed by atoms with Crippen LogP contribution >= 0.6 is 11.3 Å². The number of hydrogen-bond donors (Lipinski definition) is 1. The summed E-state index contributed by atoms with van der Waals surface area (Å²) < 4.78 is 5.86. The molecule has 2 aromatic rings. The molecule has 1 fully saturated rings. The highest BCUT2D eigenvalue weighted by atomic mass is 32.1. The van der Waals surface area contributed by atoms with Gasteiger partial charge in [-0.05, 0) is 25.0 Å². The molecule has 1 aliphatic carbocycles. The van der Waals surface area contributed by atoms with Crippen molar-refractivity contribution in [2.75, 3.05) is 13.7 Å². The van der Waals surface area contributed by atoms with E-state index in [-0.39, 0.29) is 11.8 Å². The average Bonchev–Trinajstić information content (AvgIpc) is 3.24. The number of carbonyl (C=O) groups excluding carboxylic acids is 2. The van der Waals surface area contributed by atoms with Crippen LogP contribution in [0.15, 0.2) is 24.3 Å². The van der Waals surface area contributed by atoms with Gasteiger partial charge in [-0.25, -0.2) is 4.98 Å². The average molecular weight is 318 g/mol. The van der Waals surface area contributed by atoms with Crippen LogP contribution in [-0.2, 0) is 14.3 Å². The molecule has 3 rings (SSSR count). The Labute approximate surface area is 132 Å². The van der Waals surface area contributed by atoms with Crippen LogP contribution in [0.1, 0.15) is 30.7 Å². The Balaban J connectivity index is 1.64. The van der Waals surface area contributed by atoms with E-state index in [4.69, 9.17) is 4.74 Å². The molecule has 0 unspecified atom stereocenters. The number of hydrogen-bond acceptors (Lipinski definition) is 5. The quantitative estimate of drug-likeness (QED) is 0.679. The molecule has 0 aliphatic heterocycles. The molecule has 1 aromatic heterocycles. The number of ether oxygens (including phenoxy) is 1. The van der Waals surface area contributed by atoms with E-state index in [9.17, 15) is 9.59 Å². The van der Waals surface area contributed by atoms with E-state index in [0.29, 0.717) is 19.4 Å². The smallest absolute Gasteiger partial charge is 0.321 e. The summed E-state index contributed by atoms with van der Waals surface area (Å²) in [6.07, 6.45) is 1.14. The molecule has 0 saturated heterocycles. The van der Waals surface area contributed by atoms with E-state index in [0.717, 1.165) is 15.2 Å². The van der Waals surface area contributed by atoms with Crippen molar-refractivity contribution in [2.24, 2.45) is 5.41 Å². The first-order chi connectivity index (χ1) is 10.6. The standard InChI is InChI=1S/C16H18N2O3S/c1-10(13-18-11-5-3-4-6-12(11)22-13)9-17-14(19)16(7-8-16)15(20)21-2/h3-6,10H,7-9H2,1-2H3,(H,17,19)/t10-/m1/s1. The van der Waals surface area contributed by atoms with Crippen LogP contribution in [0.25, 0.3) is 10.2 Å². The molecule has 1 N–H and O–H groups in total. The van der Waals surface area contributed by atoms with Crippen molar-refractivity contribution in [3.63, 3.8) is 0 Å². The van der Waals surface area contributed by atoms with Crippen LogP contribution in [0.3, 0.4) is 0 Å². The zero-order valence-corrected chi connectivity index (χ0v) is 13.4. The molecule has 1 atom stereocenters. The lowest BCUT2D eigenvalue weighted by Gasteiger charge is -2.15. The van der Waals surface area contributed by atoms with Gasteiger partial charge < -0.3 is 10.1 Å². The predicted octanol–water partition coefficient (Wildman–Crippen LogP) is 2.47. The normalized spacial score (nSPS) is 17.0. The summed E-state index contributed by atoms with van der Waals surface area (Å²) >= 11 is 1.64. The third kappa shape index (κ3) is 2.59. The third-order valence-corrected chi connectivity index (χ3v) is 5.33. The highest BCUT2D eigenvalue weighted by Crippen LogP contribution is 2.47. The van der Waals surface area contributed by atoms with Gasteiger partial charge in [0.1, 0.15) is 5.41 Å². The summed E-state index contributed by atoms with van der Waals surface area (Å²) in [5.41, 5.74) is 0.0381. The van der Waals surface area contributed by atoms with Gasteiger partial charge in [-0.15, -0.1) is 11.3 Å². The summed E-state index contributed by atoms with van der Waals surface area (Å²) in [7, 11) is 1.32. The molecular formula is C16H18N2O3S. The van der Waals surface area contributed by atoms with Crippen LogP contribution in [-0.4, -0.2) is 30.5 Å². The molecule has 1 aliphatic rings. The number of esters is 1. The second kappa shape index (κ2) is 5.68. The Hall–Kier alpha value is -1.95. The fourth-order valence-electron chi connectivity index (χ4n) is 2.45. The summed E-state index contributed by atoms with van der Waals surface area (Å²) in [5, 5.41) is 3.86. The number of nitrogens with one attached hydrogen (secondary N) is 1. The molecule has 6 heteroatoms. The number of methoxy groups -OCH3 is 1. The summed E-state index contributed by atoms with van der Waals surface area (Å²) in [5.74, 6) is -0.556. The Kier molecular flexibility index (Phi) is 3.87. The Morgan fingerprint density at radius 3 is 2.77 bits per heavy atom. The lowest BCUT2D eigenvalue weighted by molar-refractivity contribution is -0.152. The highest BCUT2D eigenvalue weighted by Gasteiger charge is 2.57. The third-order valence-electron chi connectivity index (χ3n) is 4.06. The van der Waals surface area contributed by atoms with E-state index in [2.05, 4.69) is 10.3 Å². The van der Waals surface area contributed by atoms with E-state index >= 15 is 0 Å². The minimum atomic E-state index is -0.942. The molecule has 0 radical (unpaired) electrons. The van der Waals surface area contributed by atoms with Crippen LogP contribution < -0.4 is 5.32 Å². The van der Waals surface area contributed by atoms with Crippen molar-refractivity contribution in [1.29, 1.82) is 0 Å². The molecule has 1 aromatic carbocycles. The van der Waals surface area contributed by atoms with Crippen molar-refractivity contribution in [3.8, 4) is 0 Å². The van der Waals surface area contributed by atoms with Gasteiger partial charge in [0.25, 0.3) is 0 Å². The first-order valence-electron chi connectivity index (χ1n) is 7.29. The van der Waals surface area contributed by atoms with E-state index < -0.39 is 11.4 Å². The SMILES string of the molecule is COC(=O)C1(C(=O)NC[C@@H](C)c2nc3ccccc3s2)CC1. The summed E-state index contributed by atoms with van der Waals surface area (Å²) in [4.78, 5) is 28.5. The number of benzene rings is 1. The van der Waals surface area contributed by atoms with Gasteiger partial charge in [-0.3, -0.25) is 9.59 Å². The molecule has 5 nitrogen and oxygen atoms in total. The maximum atomic E-state index is 12.2. The van der Waals surface area contributed by atoms with Crippen molar-refractivity contribution in [1.82, 2.24) is 10.3 Å². The van der Waals surface area contributed by atoms with Crippen molar-refractivity contribution in [2.45, 2.75) is 25.7 Å². The second-order valence-corrected chi connectivity index (χ2v) is 6.77. The van der Waals surface area contributed by atoms with Crippen molar-refractivity contribution >= 4 is 33.4 Å². The number of nitrogens with zero attached hydrogens (tertiary/aromatic N) is 1. The Bertz CT molecular complexity index is 688. The number of thiazole rings is 1. The highest BCUT2D eigenvalue weighted by molar-refractivity contribution is 7.18. The van der Waals surface area contributed by atoms with Crippen LogP contribution in [0, 0.1) is 5.41 Å². The van der Waals surface area contributed by atoms with Gasteiger partial charge >= 0.3 is 5.97 Å². The molecule has 1 amide bonds. The fourth-order valence-corrected chi connectivity index (χ4v) is 3.47. The van der Waals surface area contributed by atoms with Gasteiger partial charge in [-0.1, -0.05) is 19.1 Å². The number of rotatable bonds is 5. The lowest BCUT2D eigenvalue weighted by atomic mass is 10.1. The largest absolute Gasteiger partial charge is 0.468 e. The van der Waals surface area contributed by atoms with E-state index in [1.54, 1.807) is 11.3 Å². The van der Waals surface area contributed by atoms with E-state index in [1.807, 2.05) is 31.2 Å². The molecule has 1 saturated carbocycles. The maximum absolute atomic E-state index is 12.2. The van der Waals surface area contributed by atoms with Gasteiger partial charge in [0, 0.05) is 12.5 Å². The van der Waals surface area contributed by atoms with Crippen molar-refractivity contribution in [3.05, 3.63) is 29.3 Å². The van der Waals surface area contributed by atoms with E-state index in [1.165, 1.54) is 7.11 Å². The minimum absolute atomic E-state index is 0.106. The molecule has 22 heavy (non-hydrogen) atoms. The van der Waals surface area contributed by atoms with Gasteiger partial charge in [0.05, 0.1) is 22.3 Å². The maximum Gasteiger partial charge on any atom is 0.321 e. The predicted molar refractivity (Wildman–Crippen MR) is 84.7 cm³/mol.